The molecular weight excluding hydrogens is 337 g/mol. The second-order valence-corrected chi connectivity index (χ2v) is 6.35. The summed E-state index contributed by atoms with van der Waals surface area (Å²) in [4.78, 5) is 24.1. The van der Waals surface area contributed by atoms with Gasteiger partial charge in [0.1, 0.15) is 11.5 Å². The molecule has 9 nitrogen and oxygen atoms in total. The molecule has 0 radical (unpaired) electrons. The van der Waals surface area contributed by atoms with Crippen LogP contribution in [0.1, 0.15) is 35.1 Å². The molecule has 0 bridgehead atoms. The third kappa shape index (κ3) is 3.81. The van der Waals surface area contributed by atoms with Gasteiger partial charge in [-0.2, -0.15) is 0 Å². The first-order valence-corrected chi connectivity index (χ1v) is 8.44. The molecule has 1 aromatic heterocycles. The van der Waals surface area contributed by atoms with Gasteiger partial charge in [0.15, 0.2) is 11.6 Å². The summed E-state index contributed by atoms with van der Waals surface area (Å²) in [5, 5.41) is 21.5. The first-order valence-electron chi connectivity index (χ1n) is 8.44. The van der Waals surface area contributed by atoms with Gasteiger partial charge in [0.2, 0.25) is 0 Å². The molecule has 0 saturated carbocycles. The number of carbonyl (C=O) groups excluding carboxylic acids is 2. The Morgan fingerprint density at radius 2 is 2.27 bits per heavy atom. The summed E-state index contributed by atoms with van der Waals surface area (Å²) >= 11 is 0. The van der Waals surface area contributed by atoms with Crippen LogP contribution in [-0.2, 0) is 24.2 Å². The summed E-state index contributed by atoms with van der Waals surface area (Å²) < 4.78 is 7.06. The highest BCUT2D eigenvalue weighted by Crippen LogP contribution is 2.36. The van der Waals surface area contributed by atoms with Crippen molar-refractivity contribution >= 4 is 18.7 Å². The number of tetrazole rings is 1. The maximum atomic E-state index is 12.4. The van der Waals surface area contributed by atoms with Crippen molar-refractivity contribution in [2.75, 3.05) is 6.54 Å². The number of aromatic nitrogens is 4. The van der Waals surface area contributed by atoms with Crippen molar-refractivity contribution in [3.8, 4) is 5.75 Å². The Morgan fingerprint density at radius 1 is 1.46 bits per heavy atom. The number of Topliss-reactive ketones (excluding diaryl/α,β-unsaturated/α-hetero) is 2. The average Bonchev–Trinajstić information content (AvgIpc) is 3.02. The molecule has 0 fully saturated rings. The number of para-hydroxylation sites is 1. The monoisotopic (exact) mass is 357 g/mol. The van der Waals surface area contributed by atoms with Crippen LogP contribution in [0.5, 0.6) is 5.75 Å². The lowest BCUT2D eigenvalue weighted by molar-refractivity contribution is -0.118. The zero-order valence-electron chi connectivity index (χ0n) is 14.5. The van der Waals surface area contributed by atoms with E-state index in [0.29, 0.717) is 36.6 Å². The topological polar surface area (TPSA) is 133 Å². The van der Waals surface area contributed by atoms with E-state index in [0.717, 1.165) is 5.56 Å². The lowest BCUT2D eigenvalue weighted by atomic mass is 9.64. The van der Waals surface area contributed by atoms with Gasteiger partial charge in [-0.25, -0.2) is 4.68 Å². The van der Waals surface area contributed by atoms with Gasteiger partial charge in [-0.1, -0.05) is 12.1 Å². The molecule has 0 spiro atoms. The molecule has 3 rings (SSSR count). The van der Waals surface area contributed by atoms with Gasteiger partial charge < -0.3 is 15.4 Å². The highest BCUT2D eigenvalue weighted by atomic mass is 16.5. The fraction of sp³-hybridized carbons (Fsp3) is 0.438. The largest absolute Gasteiger partial charge is 0.535 e. The molecule has 1 aromatic carbocycles. The molecule has 1 atom stereocenters. The van der Waals surface area contributed by atoms with E-state index >= 15 is 0 Å². The minimum Gasteiger partial charge on any atom is -0.535 e. The second-order valence-electron chi connectivity index (χ2n) is 6.35. The maximum absolute atomic E-state index is 12.4. The fourth-order valence-corrected chi connectivity index (χ4v) is 3.12. The Morgan fingerprint density at radius 3 is 3.00 bits per heavy atom. The van der Waals surface area contributed by atoms with E-state index < -0.39 is 12.9 Å². The van der Waals surface area contributed by atoms with E-state index in [1.165, 1.54) is 11.6 Å². The van der Waals surface area contributed by atoms with Crippen molar-refractivity contribution in [3.63, 3.8) is 0 Å². The summed E-state index contributed by atoms with van der Waals surface area (Å²) in [5.74, 6) is 0.234. The van der Waals surface area contributed by atoms with E-state index in [-0.39, 0.29) is 24.4 Å². The van der Waals surface area contributed by atoms with Crippen molar-refractivity contribution in [2.45, 2.75) is 38.5 Å². The van der Waals surface area contributed by atoms with Crippen molar-refractivity contribution in [1.29, 1.82) is 0 Å². The van der Waals surface area contributed by atoms with Crippen LogP contribution in [0.3, 0.4) is 0 Å². The maximum Gasteiger partial charge on any atom is 0.526 e. The average molecular weight is 357 g/mol. The van der Waals surface area contributed by atoms with Crippen LogP contribution in [0.2, 0.25) is 5.82 Å². The van der Waals surface area contributed by atoms with Crippen molar-refractivity contribution in [2.24, 2.45) is 5.73 Å². The predicted molar refractivity (Wildman–Crippen MR) is 92.7 cm³/mol. The number of hydrogen-bond donors (Lipinski definition) is 2. The quantitative estimate of drug-likeness (QED) is 0.515. The molecule has 0 saturated heterocycles. The first kappa shape index (κ1) is 18.2. The van der Waals surface area contributed by atoms with E-state index in [9.17, 15) is 14.6 Å². The van der Waals surface area contributed by atoms with Gasteiger partial charge in [0.05, 0.1) is 18.5 Å². The summed E-state index contributed by atoms with van der Waals surface area (Å²) in [6.07, 6.45) is 0.647. The Bertz CT molecular complexity index is 825. The summed E-state index contributed by atoms with van der Waals surface area (Å²) in [7, 11) is -1.15. The van der Waals surface area contributed by atoms with Gasteiger partial charge in [-0.05, 0) is 35.4 Å². The third-order valence-electron chi connectivity index (χ3n) is 4.39. The highest BCUT2D eigenvalue weighted by Gasteiger charge is 2.37. The van der Waals surface area contributed by atoms with Gasteiger partial charge in [-0.3, -0.25) is 9.59 Å². The molecule has 2 heterocycles. The van der Waals surface area contributed by atoms with Gasteiger partial charge in [0.25, 0.3) is 0 Å². The standard InChI is InChI=1S/C16H20BN5O4/c1-10(23)14-4-2-3-11-7-12(17(25)26-16(11)14)8-13(24)9-15-19-20-21-22(15)6-5-18/h2-4,12,25H,5-9,18H2,1H3/t12-/m1/s1. The second kappa shape index (κ2) is 7.75. The number of nitrogens with two attached hydrogens (primary N) is 1. The van der Waals surface area contributed by atoms with E-state index in [4.69, 9.17) is 10.4 Å². The molecule has 136 valence electrons. The lowest BCUT2D eigenvalue weighted by Crippen LogP contribution is -2.36. The number of hydrogen-bond acceptors (Lipinski definition) is 8. The number of rotatable bonds is 7. The number of carbonyl (C=O) groups is 2. The van der Waals surface area contributed by atoms with E-state index in [1.54, 1.807) is 12.1 Å². The molecule has 0 unspecified atom stereocenters. The minimum atomic E-state index is -1.15. The fourth-order valence-electron chi connectivity index (χ4n) is 3.12. The zero-order chi connectivity index (χ0) is 18.7. The first-order chi connectivity index (χ1) is 12.5. The molecule has 0 aliphatic carbocycles. The number of fused-ring (bicyclic) bond motifs is 1. The summed E-state index contributed by atoms with van der Waals surface area (Å²) in [6, 6.07) is 5.28. The Kier molecular flexibility index (Phi) is 5.43. The summed E-state index contributed by atoms with van der Waals surface area (Å²) in [6.45, 7) is 2.26. The molecule has 1 aliphatic heterocycles. The van der Waals surface area contributed by atoms with Crippen LogP contribution in [-0.4, -0.2) is 50.5 Å². The van der Waals surface area contributed by atoms with Crippen LogP contribution in [0.15, 0.2) is 18.2 Å². The molecule has 1 aliphatic rings. The SMILES string of the molecule is CC(=O)c1cccc2c1OB(O)[C@@H](CC(=O)Cc1nnnn1CCN)C2. The van der Waals surface area contributed by atoms with Gasteiger partial charge >= 0.3 is 7.12 Å². The predicted octanol–water partition coefficient (Wildman–Crippen LogP) is -0.178. The van der Waals surface area contributed by atoms with Crippen LogP contribution in [0, 0.1) is 0 Å². The molecule has 3 N–H and O–H groups in total. The third-order valence-corrected chi connectivity index (χ3v) is 4.39. The van der Waals surface area contributed by atoms with Crippen molar-refractivity contribution in [1.82, 2.24) is 20.2 Å². The van der Waals surface area contributed by atoms with E-state index in [1.807, 2.05) is 6.07 Å². The molecule has 10 heteroatoms. The number of ketones is 2. The molecule has 2 aromatic rings. The van der Waals surface area contributed by atoms with Gasteiger partial charge in [0, 0.05) is 18.8 Å². The molecule has 26 heavy (non-hydrogen) atoms. The Hall–Kier alpha value is -2.59. The Balaban J connectivity index is 1.69. The van der Waals surface area contributed by atoms with E-state index in [2.05, 4.69) is 15.5 Å². The summed E-state index contributed by atoms with van der Waals surface area (Å²) in [5.41, 5.74) is 6.74. The number of benzene rings is 1. The van der Waals surface area contributed by atoms with Crippen LogP contribution < -0.4 is 10.4 Å². The van der Waals surface area contributed by atoms with Crippen LogP contribution >= 0.6 is 0 Å². The van der Waals surface area contributed by atoms with Crippen LogP contribution in [0.4, 0.5) is 0 Å². The normalized spacial score (nSPS) is 16.1. The molecule has 0 amide bonds. The lowest BCUT2D eigenvalue weighted by Gasteiger charge is -2.28. The van der Waals surface area contributed by atoms with Crippen molar-refractivity contribution < 1.29 is 19.3 Å². The molecular formula is C16H20BN5O4. The zero-order valence-corrected chi connectivity index (χ0v) is 14.5. The smallest absolute Gasteiger partial charge is 0.526 e. The van der Waals surface area contributed by atoms with Gasteiger partial charge in [-0.15, -0.1) is 5.10 Å². The minimum absolute atomic E-state index is 0.0660. The number of nitrogens with zero attached hydrogens (tertiary/aromatic N) is 4. The van der Waals surface area contributed by atoms with Crippen LogP contribution in [0.25, 0.3) is 0 Å². The Labute approximate surface area is 150 Å². The van der Waals surface area contributed by atoms with Crippen molar-refractivity contribution in [3.05, 3.63) is 35.2 Å². The highest BCUT2D eigenvalue weighted by molar-refractivity contribution is 6.47.